The summed E-state index contributed by atoms with van der Waals surface area (Å²) in [6, 6.07) is 13.2. The van der Waals surface area contributed by atoms with Gasteiger partial charge in [0, 0.05) is 21.4 Å². The molecule has 0 aliphatic rings. The van der Waals surface area contributed by atoms with Crippen LogP contribution in [0.1, 0.15) is 42.8 Å². The van der Waals surface area contributed by atoms with Crippen LogP contribution in [0.4, 0.5) is 0 Å². The lowest BCUT2D eigenvalue weighted by molar-refractivity contribution is 0.460. The van der Waals surface area contributed by atoms with Gasteiger partial charge in [0.1, 0.15) is 0 Å². The molecular formula is C15H17BrClNS. The molecule has 2 atom stereocenters. The van der Waals surface area contributed by atoms with E-state index in [-0.39, 0.29) is 0 Å². The average Bonchev–Trinajstić information content (AvgIpc) is 2.82. The Bertz CT molecular complexity index is 540. The summed E-state index contributed by atoms with van der Waals surface area (Å²) in [5.41, 5.74) is 1.31. The lowest BCUT2D eigenvalue weighted by Gasteiger charge is -2.22. The third-order valence-corrected chi connectivity index (χ3v) is 5.04. The molecule has 2 unspecified atom stereocenters. The topological polar surface area (TPSA) is 12.0 Å². The summed E-state index contributed by atoms with van der Waals surface area (Å²) >= 11 is 11.2. The molecule has 0 fully saturated rings. The lowest BCUT2D eigenvalue weighted by atomic mass is 10.0. The summed E-state index contributed by atoms with van der Waals surface area (Å²) in [6.07, 6.45) is 1.06. The summed E-state index contributed by atoms with van der Waals surface area (Å²) < 4.78 is 1.97. The molecule has 1 nitrogen and oxygen atoms in total. The van der Waals surface area contributed by atoms with Crippen LogP contribution in [-0.2, 0) is 0 Å². The van der Waals surface area contributed by atoms with Crippen LogP contribution in [0.2, 0.25) is 4.34 Å². The first-order valence-corrected chi connectivity index (χ1v) is 8.35. The average molecular weight is 359 g/mol. The van der Waals surface area contributed by atoms with Gasteiger partial charge < -0.3 is 5.32 Å². The molecule has 102 valence electrons. The molecule has 0 aliphatic heterocycles. The second kappa shape index (κ2) is 6.89. The maximum atomic E-state index is 6.00. The standard InChI is InChI=1S/C15H17BrClNS/c1-3-13(11-5-4-6-12(16)9-11)18-10(2)14-7-8-15(17)19-14/h4-10,13,18H,3H2,1-2H3. The Balaban J connectivity index is 2.11. The zero-order valence-electron chi connectivity index (χ0n) is 11.0. The fourth-order valence-corrected chi connectivity index (χ4v) is 3.61. The quantitative estimate of drug-likeness (QED) is 0.694. The van der Waals surface area contributed by atoms with Crippen molar-refractivity contribution in [3.05, 3.63) is 55.6 Å². The zero-order valence-corrected chi connectivity index (χ0v) is 14.1. The third kappa shape index (κ3) is 4.06. The zero-order chi connectivity index (χ0) is 13.8. The van der Waals surface area contributed by atoms with Crippen molar-refractivity contribution in [2.24, 2.45) is 0 Å². The number of hydrogen-bond donors (Lipinski definition) is 1. The van der Waals surface area contributed by atoms with E-state index in [1.165, 1.54) is 10.4 Å². The van der Waals surface area contributed by atoms with Crippen molar-refractivity contribution in [3.8, 4) is 0 Å². The predicted molar refractivity (Wildman–Crippen MR) is 88.1 cm³/mol. The maximum absolute atomic E-state index is 6.00. The van der Waals surface area contributed by atoms with Gasteiger partial charge in [0.05, 0.1) is 4.34 Å². The Labute approximate surface area is 132 Å². The summed E-state index contributed by atoms with van der Waals surface area (Å²) in [5.74, 6) is 0. The van der Waals surface area contributed by atoms with E-state index >= 15 is 0 Å². The fourth-order valence-electron chi connectivity index (χ4n) is 2.12. The van der Waals surface area contributed by atoms with Crippen LogP contribution in [0.3, 0.4) is 0 Å². The molecule has 4 heteroatoms. The van der Waals surface area contributed by atoms with Crippen molar-refractivity contribution in [2.45, 2.75) is 32.4 Å². The van der Waals surface area contributed by atoms with Crippen LogP contribution >= 0.6 is 38.9 Å². The maximum Gasteiger partial charge on any atom is 0.0931 e. The second-order valence-electron chi connectivity index (χ2n) is 4.55. The van der Waals surface area contributed by atoms with E-state index in [4.69, 9.17) is 11.6 Å². The van der Waals surface area contributed by atoms with Crippen LogP contribution < -0.4 is 5.32 Å². The first kappa shape index (κ1) is 15.0. The number of thiophene rings is 1. The molecule has 0 bridgehead atoms. The summed E-state index contributed by atoms with van der Waals surface area (Å²) in [6.45, 7) is 4.38. The summed E-state index contributed by atoms with van der Waals surface area (Å²) in [5, 5.41) is 3.67. The smallest absolute Gasteiger partial charge is 0.0931 e. The highest BCUT2D eigenvalue weighted by Gasteiger charge is 2.15. The highest BCUT2D eigenvalue weighted by atomic mass is 79.9. The molecule has 0 amide bonds. The minimum atomic E-state index is 0.307. The van der Waals surface area contributed by atoms with E-state index in [9.17, 15) is 0 Å². The molecule has 0 saturated carbocycles. The number of rotatable bonds is 5. The normalized spacial score (nSPS) is 14.3. The van der Waals surface area contributed by atoms with E-state index in [0.29, 0.717) is 12.1 Å². The summed E-state index contributed by atoms with van der Waals surface area (Å²) in [4.78, 5) is 1.28. The second-order valence-corrected chi connectivity index (χ2v) is 7.21. The molecule has 1 aromatic heterocycles. The van der Waals surface area contributed by atoms with Crippen LogP contribution in [0.5, 0.6) is 0 Å². The van der Waals surface area contributed by atoms with Gasteiger partial charge in [-0.15, -0.1) is 11.3 Å². The Kier molecular flexibility index (Phi) is 5.46. The highest BCUT2D eigenvalue weighted by Crippen LogP contribution is 2.29. The number of benzene rings is 1. The van der Waals surface area contributed by atoms with Crippen molar-refractivity contribution < 1.29 is 0 Å². The van der Waals surface area contributed by atoms with Gasteiger partial charge in [-0.25, -0.2) is 0 Å². The van der Waals surface area contributed by atoms with Gasteiger partial charge in [-0.3, -0.25) is 0 Å². The van der Waals surface area contributed by atoms with Crippen LogP contribution in [0, 0.1) is 0 Å². The van der Waals surface area contributed by atoms with Gasteiger partial charge >= 0.3 is 0 Å². The fraction of sp³-hybridized carbons (Fsp3) is 0.333. The van der Waals surface area contributed by atoms with Crippen molar-refractivity contribution >= 4 is 38.9 Å². The van der Waals surface area contributed by atoms with Gasteiger partial charge in [0.15, 0.2) is 0 Å². The minimum Gasteiger partial charge on any atom is -0.303 e. The molecule has 1 heterocycles. The van der Waals surface area contributed by atoms with E-state index in [1.54, 1.807) is 11.3 Å². The predicted octanol–water partition coefficient (Wildman–Crippen LogP) is 5.97. The lowest BCUT2D eigenvalue weighted by Crippen LogP contribution is -2.23. The van der Waals surface area contributed by atoms with Crippen molar-refractivity contribution in [2.75, 3.05) is 0 Å². The Morgan fingerprint density at radius 3 is 2.68 bits per heavy atom. The molecule has 0 saturated heterocycles. The number of nitrogens with one attached hydrogen (secondary N) is 1. The molecule has 1 N–H and O–H groups in total. The van der Waals surface area contributed by atoms with E-state index in [2.05, 4.69) is 65.4 Å². The van der Waals surface area contributed by atoms with Crippen molar-refractivity contribution in [1.29, 1.82) is 0 Å². The van der Waals surface area contributed by atoms with Crippen LogP contribution in [0.15, 0.2) is 40.9 Å². The van der Waals surface area contributed by atoms with E-state index < -0.39 is 0 Å². The van der Waals surface area contributed by atoms with E-state index in [1.807, 2.05) is 6.07 Å². The number of hydrogen-bond acceptors (Lipinski definition) is 2. The molecule has 0 spiro atoms. The van der Waals surface area contributed by atoms with Gasteiger partial charge in [-0.2, -0.15) is 0 Å². The Morgan fingerprint density at radius 2 is 2.11 bits per heavy atom. The van der Waals surface area contributed by atoms with Gasteiger partial charge in [-0.1, -0.05) is 46.6 Å². The monoisotopic (exact) mass is 357 g/mol. The molecule has 0 aliphatic carbocycles. The van der Waals surface area contributed by atoms with Crippen LogP contribution in [0.25, 0.3) is 0 Å². The first-order chi connectivity index (χ1) is 9.10. The van der Waals surface area contributed by atoms with Crippen molar-refractivity contribution in [3.63, 3.8) is 0 Å². The molecule has 1 aromatic carbocycles. The SMILES string of the molecule is CCC(NC(C)c1ccc(Cl)s1)c1cccc(Br)c1. The van der Waals surface area contributed by atoms with Crippen molar-refractivity contribution in [1.82, 2.24) is 5.32 Å². The third-order valence-electron chi connectivity index (χ3n) is 3.13. The highest BCUT2D eigenvalue weighted by molar-refractivity contribution is 9.10. The van der Waals surface area contributed by atoms with Gasteiger partial charge in [0.2, 0.25) is 0 Å². The van der Waals surface area contributed by atoms with Gasteiger partial charge in [0.25, 0.3) is 0 Å². The van der Waals surface area contributed by atoms with Gasteiger partial charge in [-0.05, 0) is 43.2 Å². The first-order valence-electron chi connectivity index (χ1n) is 6.37. The van der Waals surface area contributed by atoms with Crippen LogP contribution in [-0.4, -0.2) is 0 Å². The molecule has 2 rings (SSSR count). The minimum absolute atomic E-state index is 0.307. The Hall–Kier alpha value is -0.350. The summed E-state index contributed by atoms with van der Waals surface area (Å²) in [7, 11) is 0. The van der Waals surface area contributed by atoms with E-state index in [0.717, 1.165) is 15.2 Å². The molecule has 0 radical (unpaired) electrons. The largest absolute Gasteiger partial charge is 0.303 e. The number of halogens is 2. The Morgan fingerprint density at radius 1 is 1.32 bits per heavy atom. The molecule has 2 aromatic rings. The molecular weight excluding hydrogens is 342 g/mol. The molecule has 19 heavy (non-hydrogen) atoms.